The Morgan fingerprint density at radius 2 is 2.28 bits per heavy atom. The Balaban J connectivity index is 1.83. The van der Waals surface area contributed by atoms with Crippen LogP contribution in [0.2, 0.25) is 0 Å². The standard InChI is InChI=1S/C11H7N3OS3/c15-9-8(6-7-2-1-4-16-7)18-11(13-9)14-10-12-3-5-17-10/h1-6H,(H,12,13,14,15)/b8-6-. The van der Waals surface area contributed by atoms with Crippen LogP contribution in [0.15, 0.2) is 39.0 Å². The molecule has 3 heterocycles. The van der Waals surface area contributed by atoms with E-state index in [0.29, 0.717) is 15.2 Å². The monoisotopic (exact) mass is 293 g/mol. The molecular weight excluding hydrogens is 286 g/mol. The molecule has 0 aromatic carbocycles. The van der Waals surface area contributed by atoms with Crippen molar-refractivity contribution in [2.75, 3.05) is 0 Å². The molecule has 2 aromatic rings. The van der Waals surface area contributed by atoms with Gasteiger partial charge in [-0.25, -0.2) is 4.98 Å². The molecule has 0 aliphatic carbocycles. The number of hydrogen-bond donors (Lipinski definition) is 1. The summed E-state index contributed by atoms with van der Waals surface area (Å²) in [7, 11) is 0. The third kappa shape index (κ3) is 2.53. The predicted octanol–water partition coefficient (Wildman–Crippen LogP) is 3.10. The lowest BCUT2D eigenvalue weighted by molar-refractivity contribution is -0.115. The van der Waals surface area contributed by atoms with E-state index in [9.17, 15) is 4.79 Å². The SMILES string of the molecule is O=C1N/C(=N\c2nccs2)S/C1=C\c1cccs1. The molecule has 2 aromatic heterocycles. The highest BCUT2D eigenvalue weighted by Crippen LogP contribution is 2.29. The molecule has 1 amide bonds. The largest absolute Gasteiger partial charge is 0.300 e. The average molecular weight is 293 g/mol. The summed E-state index contributed by atoms with van der Waals surface area (Å²) in [6.07, 6.45) is 3.56. The number of thiazole rings is 1. The molecule has 7 heteroatoms. The van der Waals surface area contributed by atoms with E-state index in [1.165, 1.54) is 23.1 Å². The first-order chi connectivity index (χ1) is 8.81. The summed E-state index contributed by atoms with van der Waals surface area (Å²) in [6.45, 7) is 0. The van der Waals surface area contributed by atoms with Crippen molar-refractivity contribution in [2.45, 2.75) is 0 Å². The summed E-state index contributed by atoms with van der Waals surface area (Å²) < 4.78 is 0. The average Bonchev–Trinajstić information content (AvgIpc) is 3.04. The van der Waals surface area contributed by atoms with Gasteiger partial charge in [-0.3, -0.25) is 4.79 Å². The molecule has 3 rings (SSSR count). The number of thioether (sulfide) groups is 1. The maximum Gasteiger partial charge on any atom is 0.264 e. The Labute approximate surface area is 115 Å². The van der Waals surface area contributed by atoms with Gasteiger partial charge in [0, 0.05) is 16.5 Å². The Kier molecular flexibility index (Phi) is 3.26. The van der Waals surface area contributed by atoms with Gasteiger partial charge in [0.1, 0.15) is 0 Å². The normalized spacial score (nSPS) is 19.7. The van der Waals surface area contributed by atoms with Gasteiger partial charge in [0.05, 0.1) is 4.91 Å². The van der Waals surface area contributed by atoms with Crippen molar-refractivity contribution < 1.29 is 4.79 Å². The second kappa shape index (κ2) is 5.05. The van der Waals surface area contributed by atoms with Crippen molar-refractivity contribution in [3.8, 4) is 0 Å². The molecular formula is C11H7N3OS3. The third-order valence-electron chi connectivity index (χ3n) is 2.08. The van der Waals surface area contributed by atoms with Gasteiger partial charge in [0.2, 0.25) is 5.13 Å². The van der Waals surface area contributed by atoms with E-state index in [1.54, 1.807) is 17.5 Å². The number of amidine groups is 1. The number of aromatic nitrogens is 1. The molecule has 0 atom stereocenters. The second-order valence-corrected chi connectivity index (χ2v) is 6.19. The van der Waals surface area contributed by atoms with Crippen molar-refractivity contribution in [1.29, 1.82) is 0 Å². The zero-order valence-electron chi connectivity index (χ0n) is 8.99. The number of aliphatic imine (C=N–C) groups is 1. The topological polar surface area (TPSA) is 54.4 Å². The van der Waals surface area contributed by atoms with Gasteiger partial charge in [0.25, 0.3) is 5.91 Å². The number of hydrogen-bond acceptors (Lipinski definition) is 6. The maximum absolute atomic E-state index is 11.7. The van der Waals surface area contributed by atoms with E-state index in [-0.39, 0.29) is 5.91 Å². The van der Waals surface area contributed by atoms with Crippen LogP contribution in [0.4, 0.5) is 5.13 Å². The number of carbonyl (C=O) groups is 1. The lowest BCUT2D eigenvalue weighted by atomic mass is 10.4. The fourth-order valence-corrected chi connectivity index (χ4v) is 3.45. The summed E-state index contributed by atoms with van der Waals surface area (Å²) >= 11 is 4.37. The number of amides is 1. The molecule has 0 spiro atoms. The van der Waals surface area contributed by atoms with E-state index in [0.717, 1.165) is 4.88 Å². The van der Waals surface area contributed by atoms with Crippen molar-refractivity contribution in [3.63, 3.8) is 0 Å². The fraction of sp³-hybridized carbons (Fsp3) is 0. The van der Waals surface area contributed by atoms with E-state index in [2.05, 4.69) is 15.3 Å². The molecule has 90 valence electrons. The number of nitrogens with zero attached hydrogens (tertiary/aromatic N) is 2. The van der Waals surface area contributed by atoms with E-state index in [4.69, 9.17) is 0 Å². The minimum Gasteiger partial charge on any atom is -0.300 e. The van der Waals surface area contributed by atoms with Crippen LogP contribution in [0.25, 0.3) is 6.08 Å². The lowest BCUT2D eigenvalue weighted by Gasteiger charge is -1.89. The first-order valence-electron chi connectivity index (χ1n) is 5.04. The molecule has 1 saturated heterocycles. The summed E-state index contributed by atoms with van der Waals surface area (Å²) in [6, 6.07) is 3.93. The third-order valence-corrected chi connectivity index (χ3v) is 4.48. The van der Waals surface area contributed by atoms with Gasteiger partial charge < -0.3 is 5.32 Å². The highest BCUT2D eigenvalue weighted by atomic mass is 32.2. The summed E-state index contributed by atoms with van der Waals surface area (Å²) in [5.41, 5.74) is 0. The van der Waals surface area contributed by atoms with Crippen LogP contribution in [-0.4, -0.2) is 16.1 Å². The quantitative estimate of drug-likeness (QED) is 0.866. The van der Waals surface area contributed by atoms with Gasteiger partial charge >= 0.3 is 0 Å². The number of carbonyl (C=O) groups excluding carboxylic acids is 1. The molecule has 1 aliphatic rings. The zero-order chi connectivity index (χ0) is 12.4. The number of rotatable bonds is 2. The van der Waals surface area contributed by atoms with Gasteiger partial charge in [-0.05, 0) is 29.3 Å². The fourth-order valence-electron chi connectivity index (χ4n) is 1.34. The molecule has 0 radical (unpaired) electrons. The molecule has 1 fully saturated rings. The Hall–Kier alpha value is -1.44. The van der Waals surface area contributed by atoms with E-state index in [1.807, 2.05) is 29.0 Å². The molecule has 0 bridgehead atoms. The van der Waals surface area contributed by atoms with E-state index < -0.39 is 0 Å². The van der Waals surface area contributed by atoms with Crippen LogP contribution in [-0.2, 0) is 4.79 Å². The summed E-state index contributed by atoms with van der Waals surface area (Å²) in [4.78, 5) is 21.8. The van der Waals surface area contributed by atoms with Crippen LogP contribution < -0.4 is 5.32 Å². The van der Waals surface area contributed by atoms with Gasteiger partial charge in [0.15, 0.2) is 5.17 Å². The Bertz CT molecular complexity index is 614. The van der Waals surface area contributed by atoms with Crippen molar-refractivity contribution in [1.82, 2.24) is 10.3 Å². The highest BCUT2D eigenvalue weighted by molar-refractivity contribution is 8.18. The van der Waals surface area contributed by atoms with Crippen LogP contribution in [0, 0.1) is 0 Å². The molecule has 0 unspecified atom stereocenters. The Morgan fingerprint density at radius 3 is 3.00 bits per heavy atom. The minimum atomic E-state index is -0.108. The van der Waals surface area contributed by atoms with Crippen LogP contribution in [0.5, 0.6) is 0 Å². The van der Waals surface area contributed by atoms with Crippen molar-refractivity contribution in [3.05, 3.63) is 38.9 Å². The first-order valence-corrected chi connectivity index (χ1v) is 7.61. The second-order valence-electron chi connectivity index (χ2n) is 3.31. The summed E-state index contributed by atoms with van der Waals surface area (Å²) in [5, 5.41) is 7.79. The zero-order valence-corrected chi connectivity index (χ0v) is 11.4. The summed E-state index contributed by atoms with van der Waals surface area (Å²) in [5.74, 6) is -0.108. The van der Waals surface area contributed by atoms with Crippen LogP contribution in [0.1, 0.15) is 4.88 Å². The van der Waals surface area contributed by atoms with Gasteiger partial charge in [-0.2, -0.15) is 4.99 Å². The predicted molar refractivity (Wildman–Crippen MR) is 77.2 cm³/mol. The van der Waals surface area contributed by atoms with Crippen molar-refractivity contribution >= 4 is 56.7 Å². The molecule has 4 nitrogen and oxygen atoms in total. The molecule has 18 heavy (non-hydrogen) atoms. The number of thiophene rings is 1. The van der Waals surface area contributed by atoms with Crippen LogP contribution >= 0.6 is 34.4 Å². The first kappa shape index (κ1) is 11.6. The van der Waals surface area contributed by atoms with E-state index >= 15 is 0 Å². The Morgan fingerprint density at radius 1 is 1.33 bits per heavy atom. The lowest BCUT2D eigenvalue weighted by Crippen LogP contribution is -2.19. The van der Waals surface area contributed by atoms with Crippen molar-refractivity contribution in [2.24, 2.45) is 4.99 Å². The maximum atomic E-state index is 11.7. The van der Waals surface area contributed by atoms with Crippen LogP contribution in [0.3, 0.4) is 0 Å². The molecule has 1 N–H and O–H groups in total. The smallest absolute Gasteiger partial charge is 0.264 e. The van der Waals surface area contributed by atoms with Gasteiger partial charge in [-0.15, -0.1) is 22.7 Å². The highest BCUT2D eigenvalue weighted by Gasteiger charge is 2.24. The minimum absolute atomic E-state index is 0.108. The number of nitrogens with one attached hydrogen (secondary N) is 1. The van der Waals surface area contributed by atoms with Gasteiger partial charge in [-0.1, -0.05) is 6.07 Å². The molecule has 0 saturated carbocycles. The molecule has 1 aliphatic heterocycles.